The van der Waals surface area contributed by atoms with Crippen LogP contribution in [0.15, 0.2) is 24.3 Å². The number of nitrogens with one attached hydrogen (secondary N) is 1. The van der Waals surface area contributed by atoms with E-state index < -0.39 is 0 Å². The zero-order valence-corrected chi connectivity index (χ0v) is 10.7. The topological polar surface area (TPSA) is 21.3 Å². The largest absolute Gasteiger partial charge is 0.488 e. The Morgan fingerprint density at radius 1 is 1.29 bits per heavy atom. The molecule has 0 spiro atoms. The molecule has 1 aromatic rings. The van der Waals surface area contributed by atoms with E-state index in [9.17, 15) is 0 Å². The second-order valence-electron chi connectivity index (χ2n) is 6.10. The zero-order valence-electron chi connectivity index (χ0n) is 10.7. The first-order valence-electron chi connectivity index (χ1n) is 6.60. The number of benzene rings is 1. The fourth-order valence-corrected chi connectivity index (χ4v) is 2.71. The first kappa shape index (κ1) is 11.1. The highest BCUT2D eigenvalue weighted by Gasteiger charge is 2.44. The average Bonchev–Trinajstić information content (AvgIpc) is 2.74. The molecule has 0 amide bonds. The minimum absolute atomic E-state index is 0.328. The van der Waals surface area contributed by atoms with Crippen molar-refractivity contribution in [1.29, 1.82) is 0 Å². The van der Waals surface area contributed by atoms with E-state index in [1.807, 2.05) is 6.07 Å². The predicted molar refractivity (Wildman–Crippen MR) is 69.3 cm³/mol. The summed E-state index contributed by atoms with van der Waals surface area (Å²) in [5.74, 6) is 1.94. The summed E-state index contributed by atoms with van der Waals surface area (Å²) in [6, 6.07) is 8.37. The Labute approximate surface area is 103 Å². The van der Waals surface area contributed by atoms with Crippen LogP contribution in [-0.4, -0.2) is 19.2 Å². The van der Waals surface area contributed by atoms with Crippen LogP contribution in [0.1, 0.15) is 25.8 Å². The second kappa shape index (κ2) is 4.02. The molecule has 1 aliphatic heterocycles. The SMILES string of the molecule is CC1(C)CC1CNCC1Cc2ccccc2O1. The van der Waals surface area contributed by atoms with Gasteiger partial charge in [-0.1, -0.05) is 32.0 Å². The van der Waals surface area contributed by atoms with Gasteiger partial charge in [-0.15, -0.1) is 0 Å². The lowest BCUT2D eigenvalue weighted by atomic mass is 10.1. The number of hydrogen-bond donors (Lipinski definition) is 1. The molecule has 1 heterocycles. The molecular weight excluding hydrogens is 210 g/mol. The lowest BCUT2D eigenvalue weighted by Gasteiger charge is -2.12. The monoisotopic (exact) mass is 231 g/mol. The van der Waals surface area contributed by atoms with Crippen LogP contribution < -0.4 is 10.1 Å². The van der Waals surface area contributed by atoms with Gasteiger partial charge in [0.2, 0.25) is 0 Å². The van der Waals surface area contributed by atoms with Gasteiger partial charge in [0.25, 0.3) is 0 Å². The molecule has 0 bridgehead atoms. The molecule has 0 radical (unpaired) electrons. The van der Waals surface area contributed by atoms with Gasteiger partial charge in [0.1, 0.15) is 11.9 Å². The van der Waals surface area contributed by atoms with Gasteiger partial charge in [0, 0.05) is 13.0 Å². The molecule has 2 heteroatoms. The first-order valence-corrected chi connectivity index (χ1v) is 6.60. The Morgan fingerprint density at radius 2 is 2.06 bits per heavy atom. The Bertz CT molecular complexity index is 388. The number of fused-ring (bicyclic) bond motifs is 1. The summed E-state index contributed by atoms with van der Waals surface area (Å²) in [4.78, 5) is 0. The quantitative estimate of drug-likeness (QED) is 0.860. The fraction of sp³-hybridized carbons (Fsp3) is 0.600. The van der Waals surface area contributed by atoms with Crippen LogP contribution in [0.5, 0.6) is 5.75 Å². The smallest absolute Gasteiger partial charge is 0.123 e. The summed E-state index contributed by atoms with van der Waals surface area (Å²) in [6.45, 7) is 6.81. The lowest BCUT2D eigenvalue weighted by molar-refractivity contribution is 0.226. The lowest BCUT2D eigenvalue weighted by Crippen LogP contribution is -2.31. The maximum atomic E-state index is 5.90. The highest BCUT2D eigenvalue weighted by molar-refractivity contribution is 5.37. The minimum Gasteiger partial charge on any atom is -0.488 e. The van der Waals surface area contributed by atoms with Gasteiger partial charge in [-0.25, -0.2) is 0 Å². The highest BCUT2D eigenvalue weighted by atomic mass is 16.5. The van der Waals surface area contributed by atoms with Crippen LogP contribution in [0.25, 0.3) is 0 Å². The van der Waals surface area contributed by atoms with Crippen LogP contribution in [0.3, 0.4) is 0 Å². The van der Waals surface area contributed by atoms with Crippen molar-refractivity contribution in [3.05, 3.63) is 29.8 Å². The molecule has 2 unspecified atom stereocenters. The Morgan fingerprint density at radius 3 is 2.76 bits per heavy atom. The molecule has 3 rings (SSSR count). The van der Waals surface area contributed by atoms with Gasteiger partial charge in [0.15, 0.2) is 0 Å². The molecule has 1 N–H and O–H groups in total. The third-order valence-electron chi connectivity index (χ3n) is 4.19. The van der Waals surface area contributed by atoms with E-state index >= 15 is 0 Å². The Kier molecular flexibility index (Phi) is 2.62. The molecule has 92 valence electrons. The number of ether oxygens (including phenoxy) is 1. The van der Waals surface area contributed by atoms with Crippen molar-refractivity contribution in [2.45, 2.75) is 32.8 Å². The van der Waals surface area contributed by atoms with E-state index in [1.165, 1.54) is 12.0 Å². The summed E-state index contributed by atoms with van der Waals surface area (Å²) < 4.78 is 5.90. The van der Waals surface area contributed by atoms with Crippen molar-refractivity contribution in [2.75, 3.05) is 13.1 Å². The minimum atomic E-state index is 0.328. The Hall–Kier alpha value is -1.02. The van der Waals surface area contributed by atoms with E-state index in [0.717, 1.165) is 31.2 Å². The maximum absolute atomic E-state index is 5.90. The van der Waals surface area contributed by atoms with E-state index in [-0.39, 0.29) is 0 Å². The van der Waals surface area contributed by atoms with Crippen LogP contribution in [0, 0.1) is 11.3 Å². The second-order valence-corrected chi connectivity index (χ2v) is 6.10. The van der Waals surface area contributed by atoms with Gasteiger partial charge in [0.05, 0.1) is 0 Å². The van der Waals surface area contributed by atoms with Crippen LogP contribution >= 0.6 is 0 Å². The molecule has 1 aromatic carbocycles. The molecule has 2 nitrogen and oxygen atoms in total. The van der Waals surface area contributed by atoms with Crippen LogP contribution in [0.4, 0.5) is 0 Å². The van der Waals surface area contributed by atoms with E-state index in [2.05, 4.69) is 37.4 Å². The summed E-state index contributed by atoms with van der Waals surface area (Å²) in [6.07, 6.45) is 2.75. The van der Waals surface area contributed by atoms with Crippen molar-refractivity contribution >= 4 is 0 Å². The van der Waals surface area contributed by atoms with Crippen LogP contribution in [-0.2, 0) is 6.42 Å². The maximum Gasteiger partial charge on any atom is 0.123 e. The van der Waals surface area contributed by atoms with Crippen LogP contribution in [0.2, 0.25) is 0 Å². The molecule has 17 heavy (non-hydrogen) atoms. The summed E-state index contributed by atoms with van der Waals surface area (Å²) in [7, 11) is 0. The zero-order chi connectivity index (χ0) is 11.9. The number of para-hydroxylation sites is 1. The van der Waals surface area contributed by atoms with E-state index in [4.69, 9.17) is 4.74 Å². The number of rotatable bonds is 4. The van der Waals surface area contributed by atoms with Crippen molar-refractivity contribution in [3.8, 4) is 5.75 Å². The summed E-state index contributed by atoms with van der Waals surface area (Å²) in [5.41, 5.74) is 1.93. The van der Waals surface area contributed by atoms with Crippen molar-refractivity contribution in [3.63, 3.8) is 0 Å². The normalized spacial score (nSPS) is 28.6. The van der Waals surface area contributed by atoms with Gasteiger partial charge < -0.3 is 10.1 Å². The highest BCUT2D eigenvalue weighted by Crippen LogP contribution is 2.50. The van der Waals surface area contributed by atoms with Gasteiger partial charge >= 0.3 is 0 Å². The summed E-state index contributed by atoms with van der Waals surface area (Å²) in [5, 5.41) is 3.55. The fourth-order valence-electron chi connectivity index (χ4n) is 2.71. The first-order chi connectivity index (χ1) is 8.15. The van der Waals surface area contributed by atoms with Gasteiger partial charge in [-0.2, -0.15) is 0 Å². The van der Waals surface area contributed by atoms with Crippen molar-refractivity contribution < 1.29 is 4.74 Å². The third kappa shape index (κ3) is 2.32. The molecule has 1 aliphatic carbocycles. The van der Waals surface area contributed by atoms with E-state index in [1.54, 1.807) is 0 Å². The van der Waals surface area contributed by atoms with Gasteiger partial charge in [-0.05, 0) is 35.9 Å². The van der Waals surface area contributed by atoms with Gasteiger partial charge in [-0.3, -0.25) is 0 Å². The summed E-state index contributed by atoms with van der Waals surface area (Å²) >= 11 is 0. The standard InChI is InChI=1S/C15H21NO/c1-15(2)8-12(15)9-16-10-13-7-11-5-3-4-6-14(11)17-13/h3-6,12-13,16H,7-10H2,1-2H3. The predicted octanol–water partition coefficient (Wildman–Crippen LogP) is 2.63. The molecule has 1 fully saturated rings. The molecular formula is C15H21NO. The van der Waals surface area contributed by atoms with Crippen molar-refractivity contribution in [2.24, 2.45) is 11.3 Å². The number of hydrogen-bond acceptors (Lipinski definition) is 2. The van der Waals surface area contributed by atoms with Crippen molar-refractivity contribution in [1.82, 2.24) is 5.32 Å². The molecule has 1 saturated carbocycles. The Balaban J connectivity index is 1.44. The molecule has 2 aliphatic rings. The molecule has 2 atom stereocenters. The van der Waals surface area contributed by atoms with E-state index in [0.29, 0.717) is 11.5 Å². The average molecular weight is 231 g/mol. The third-order valence-corrected chi connectivity index (χ3v) is 4.19. The molecule has 0 saturated heterocycles. The molecule has 0 aromatic heterocycles.